The maximum absolute atomic E-state index is 13.1. The van der Waals surface area contributed by atoms with Gasteiger partial charge in [-0.1, -0.05) is 12.0 Å². The maximum atomic E-state index is 13.1. The van der Waals surface area contributed by atoms with E-state index in [4.69, 9.17) is 22.6 Å². The molecule has 9 nitrogen and oxygen atoms in total. The van der Waals surface area contributed by atoms with Crippen molar-refractivity contribution in [3.8, 4) is 12.3 Å². The van der Waals surface area contributed by atoms with Gasteiger partial charge in [-0.15, -0.1) is 29.5 Å². The third-order valence-corrected chi connectivity index (χ3v) is 6.53. The first-order valence-corrected chi connectivity index (χ1v) is 11.7. The van der Waals surface area contributed by atoms with Crippen molar-refractivity contribution in [2.24, 2.45) is 11.5 Å². The van der Waals surface area contributed by atoms with Gasteiger partial charge in [0.1, 0.15) is 18.7 Å². The lowest BCUT2D eigenvalue weighted by Gasteiger charge is -2.38. The molecule has 1 saturated heterocycles. The smallest absolute Gasteiger partial charge is 0.243 e. The molecule has 0 aliphatic carbocycles. The van der Waals surface area contributed by atoms with Gasteiger partial charge < -0.3 is 26.4 Å². The number of rotatable bonds is 11. The molecule has 0 unspecified atom stereocenters. The summed E-state index contributed by atoms with van der Waals surface area (Å²) in [6.45, 7) is 0.388. The number of carbonyl (C=O) groups excluding carboxylic acids is 4. The minimum Gasteiger partial charge on any atom is -0.369 e. The van der Waals surface area contributed by atoms with Gasteiger partial charge in [-0.2, -0.15) is 0 Å². The molecule has 0 bridgehead atoms. The van der Waals surface area contributed by atoms with Gasteiger partial charge in [-0.3, -0.25) is 19.2 Å². The van der Waals surface area contributed by atoms with Crippen LogP contribution in [0.1, 0.15) is 17.7 Å². The van der Waals surface area contributed by atoms with E-state index in [1.54, 1.807) is 0 Å². The van der Waals surface area contributed by atoms with Crippen LogP contribution in [-0.2, 0) is 30.3 Å². The third kappa shape index (κ3) is 7.90. The highest BCUT2D eigenvalue weighted by Crippen LogP contribution is 2.22. The van der Waals surface area contributed by atoms with E-state index in [2.05, 4.69) is 11.2 Å². The van der Waals surface area contributed by atoms with Crippen LogP contribution in [0.5, 0.6) is 0 Å². The Morgan fingerprint density at radius 3 is 2.74 bits per heavy atom. The van der Waals surface area contributed by atoms with Crippen LogP contribution in [0.25, 0.3) is 0 Å². The molecule has 0 spiro atoms. The standard InChI is InChI=1S/C20H26N4O5S2/c1-2-7-29-13-5-6-24(18(26)12-30-11-17(21)25)16(9-13)20(28)23-15(19(22)27)10-14-4-3-8-31-14/h1,3-4,8,13,15-16H,5-7,9-12H2,(H2,21,25)(H2,22,27)(H,23,28)/t13-,15-,16-/m0/s1. The van der Waals surface area contributed by atoms with Crippen molar-refractivity contribution in [1.29, 1.82) is 0 Å². The van der Waals surface area contributed by atoms with Crippen LogP contribution in [0, 0.1) is 12.3 Å². The summed E-state index contributed by atoms with van der Waals surface area (Å²) in [5.74, 6) is 0.452. The fourth-order valence-electron chi connectivity index (χ4n) is 3.24. The third-order valence-electron chi connectivity index (χ3n) is 4.69. The Bertz CT molecular complexity index is 824. The number of nitrogens with zero attached hydrogens (tertiary/aromatic N) is 1. The predicted molar refractivity (Wildman–Crippen MR) is 119 cm³/mol. The summed E-state index contributed by atoms with van der Waals surface area (Å²) in [7, 11) is 0. The van der Waals surface area contributed by atoms with Gasteiger partial charge in [0.2, 0.25) is 23.6 Å². The SMILES string of the molecule is C#CCO[C@H]1CCN(C(=O)CSCC(N)=O)[C@H](C(=O)N[C@@H](Cc2cccs2)C(N)=O)C1. The second-order valence-electron chi connectivity index (χ2n) is 6.97. The van der Waals surface area contributed by atoms with E-state index in [0.717, 1.165) is 16.6 Å². The topological polar surface area (TPSA) is 145 Å². The van der Waals surface area contributed by atoms with Crippen molar-refractivity contribution in [2.45, 2.75) is 37.5 Å². The zero-order chi connectivity index (χ0) is 22.8. The second-order valence-corrected chi connectivity index (χ2v) is 8.99. The number of thioether (sulfide) groups is 1. The fraction of sp³-hybridized carbons (Fsp3) is 0.500. The molecule has 1 aromatic heterocycles. The quantitative estimate of drug-likeness (QED) is 0.375. The minimum atomic E-state index is -0.903. The Morgan fingerprint density at radius 1 is 1.35 bits per heavy atom. The van der Waals surface area contributed by atoms with Gasteiger partial charge in [-0.25, -0.2) is 0 Å². The van der Waals surface area contributed by atoms with Crippen LogP contribution >= 0.6 is 23.1 Å². The molecular weight excluding hydrogens is 440 g/mol. The highest BCUT2D eigenvalue weighted by molar-refractivity contribution is 8.00. The molecule has 5 N–H and O–H groups in total. The second kappa shape index (κ2) is 12.3. The summed E-state index contributed by atoms with van der Waals surface area (Å²) in [4.78, 5) is 51.0. The van der Waals surface area contributed by atoms with Gasteiger partial charge in [0.05, 0.1) is 17.6 Å². The first-order chi connectivity index (χ1) is 14.8. The van der Waals surface area contributed by atoms with Crippen LogP contribution in [0.4, 0.5) is 0 Å². The van der Waals surface area contributed by atoms with Crippen LogP contribution in [-0.4, -0.2) is 71.4 Å². The number of terminal acetylenes is 1. The van der Waals surface area contributed by atoms with Crippen molar-refractivity contribution >= 4 is 46.7 Å². The summed E-state index contributed by atoms with van der Waals surface area (Å²) in [5, 5.41) is 4.55. The van der Waals surface area contributed by atoms with Crippen molar-refractivity contribution in [3.05, 3.63) is 22.4 Å². The summed E-state index contributed by atoms with van der Waals surface area (Å²) in [6, 6.07) is 1.95. The number of nitrogens with two attached hydrogens (primary N) is 2. The van der Waals surface area contributed by atoms with Crippen LogP contribution in [0.15, 0.2) is 17.5 Å². The summed E-state index contributed by atoms with van der Waals surface area (Å²) in [6.07, 6.45) is 5.98. The Labute approximate surface area is 189 Å². The molecule has 31 heavy (non-hydrogen) atoms. The minimum absolute atomic E-state index is 0.00884. The van der Waals surface area contributed by atoms with E-state index in [0.29, 0.717) is 6.42 Å². The van der Waals surface area contributed by atoms with E-state index in [9.17, 15) is 19.2 Å². The molecule has 3 atom stereocenters. The first kappa shape index (κ1) is 24.7. The molecule has 168 valence electrons. The summed E-state index contributed by atoms with van der Waals surface area (Å²) >= 11 is 2.54. The van der Waals surface area contributed by atoms with Gasteiger partial charge in [0.25, 0.3) is 0 Å². The van der Waals surface area contributed by atoms with Crippen molar-refractivity contribution in [3.63, 3.8) is 0 Å². The Kier molecular flexibility index (Phi) is 9.84. The van der Waals surface area contributed by atoms with Crippen LogP contribution in [0.2, 0.25) is 0 Å². The average Bonchev–Trinajstić information content (AvgIpc) is 3.24. The number of primary amides is 2. The Hall–Kier alpha value is -2.55. The molecular formula is C20H26N4O5S2. The number of carbonyl (C=O) groups is 4. The molecule has 1 aromatic rings. The first-order valence-electron chi connectivity index (χ1n) is 9.64. The zero-order valence-electron chi connectivity index (χ0n) is 17.0. The molecule has 4 amide bonds. The van der Waals surface area contributed by atoms with Gasteiger partial charge in [0.15, 0.2) is 0 Å². The number of hydrogen-bond donors (Lipinski definition) is 3. The normalized spacial score (nSPS) is 19.3. The van der Waals surface area contributed by atoms with Crippen molar-refractivity contribution in [1.82, 2.24) is 10.2 Å². The lowest BCUT2D eigenvalue weighted by atomic mass is 9.97. The Morgan fingerprint density at radius 2 is 2.13 bits per heavy atom. The molecule has 0 radical (unpaired) electrons. The van der Waals surface area contributed by atoms with E-state index < -0.39 is 29.8 Å². The van der Waals surface area contributed by atoms with E-state index in [-0.39, 0.29) is 49.5 Å². The number of thiophene rings is 1. The lowest BCUT2D eigenvalue weighted by molar-refractivity contribution is -0.144. The van der Waals surface area contributed by atoms with Crippen molar-refractivity contribution in [2.75, 3.05) is 24.7 Å². The molecule has 1 aliphatic rings. The molecule has 1 fully saturated rings. The number of nitrogens with one attached hydrogen (secondary N) is 1. The number of amides is 4. The monoisotopic (exact) mass is 466 g/mol. The molecule has 2 heterocycles. The molecule has 0 saturated carbocycles. The highest BCUT2D eigenvalue weighted by Gasteiger charge is 2.37. The number of piperidine rings is 1. The summed E-state index contributed by atoms with van der Waals surface area (Å²) < 4.78 is 5.58. The van der Waals surface area contributed by atoms with E-state index in [1.807, 2.05) is 17.5 Å². The zero-order valence-corrected chi connectivity index (χ0v) is 18.6. The van der Waals surface area contributed by atoms with E-state index >= 15 is 0 Å². The van der Waals surface area contributed by atoms with Gasteiger partial charge >= 0.3 is 0 Å². The molecule has 2 rings (SSSR count). The molecule has 0 aromatic carbocycles. The number of hydrogen-bond acceptors (Lipinski definition) is 7. The Balaban J connectivity index is 2.10. The van der Waals surface area contributed by atoms with Gasteiger partial charge in [0, 0.05) is 24.3 Å². The van der Waals surface area contributed by atoms with Gasteiger partial charge in [-0.05, 0) is 17.9 Å². The maximum Gasteiger partial charge on any atom is 0.243 e. The average molecular weight is 467 g/mol. The summed E-state index contributed by atoms with van der Waals surface area (Å²) in [5.41, 5.74) is 10.6. The highest BCUT2D eigenvalue weighted by atomic mass is 32.2. The molecule has 1 aliphatic heterocycles. The molecule has 11 heteroatoms. The largest absolute Gasteiger partial charge is 0.369 e. The predicted octanol–water partition coefficient (Wildman–Crippen LogP) is -0.511. The number of ether oxygens (including phenoxy) is 1. The van der Waals surface area contributed by atoms with E-state index in [1.165, 1.54) is 16.2 Å². The van der Waals surface area contributed by atoms with Crippen LogP contribution < -0.4 is 16.8 Å². The van der Waals surface area contributed by atoms with Crippen LogP contribution in [0.3, 0.4) is 0 Å². The van der Waals surface area contributed by atoms with Crippen molar-refractivity contribution < 1.29 is 23.9 Å². The number of likely N-dealkylation sites (tertiary alicyclic amines) is 1. The lowest BCUT2D eigenvalue weighted by Crippen LogP contribution is -2.58. The fourth-order valence-corrected chi connectivity index (χ4v) is 4.64.